The van der Waals surface area contributed by atoms with Crippen molar-refractivity contribution in [2.45, 2.75) is 71.4 Å². The van der Waals surface area contributed by atoms with Crippen LogP contribution in [0.15, 0.2) is 24.3 Å². The Balaban J connectivity index is 1.96. The van der Waals surface area contributed by atoms with Gasteiger partial charge in [-0.05, 0) is 65.0 Å². The molecule has 0 unspecified atom stereocenters. The summed E-state index contributed by atoms with van der Waals surface area (Å²) in [5.41, 5.74) is 2.98. The molecule has 27 heavy (non-hydrogen) atoms. The van der Waals surface area contributed by atoms with Crippen LogP contribution in [0.2, 0.25) is 0 Å². The first-order valence-electron chi connectivity index (χ1n) is 9.70. The molecule has 0 spiro atoms. The van der Waals surface area contributed by atoms with Crippen LogP contribution in [0.1, 0.15) is 68.6 Å². The molecule has 1 amide bonds. The highest BCUT2D eigenvalue weighted by Crippen LogP contribution is 2.29. The van der Waals surface area contributed by atoms with Gasteiger partial charge in [-0.25, -0.2) is 4.79 Å². The maximum absolute atomic E-state index is 13.1. The summed E-state index contributed by atoms with van der Waals surface area (Å²) in [7, 11) is 0. The highest BCUT2D eigenvalue weighted by atomic mass is 16.5. The Bertz CT molecular complexity index is 868. The van der Waals surface area contributed by atoms with Gasteiger partial charge in [0.25, 0.3) is 5.91 Å². The van der Waals surface area contributed by atoms with E-state index in [4.69, 9.17) is 9.72 Å². The average Bonchev–Trinajstić information content (AvgIpc) is 2.82. The topological polar surface area (TPSA) is 68.3 Å². The molecule has 0 aliphatic heterocycles. The van der Waals surface area contributed by atoms with E-state index in [0.717, 1.165) is 54.3 Å². The van der Waals surface area contributed by atoms with Crippen molar-refractivity contribution in [2.75, 3.05) is 0 Å². The van der Waals surface area contributed by atoms with Crippen molar-refractivity contribution in [3.8, 4) is 0 Å². The van der Waals surface area contributed by atoms with Crippen molar-refractivity contribution in [1.29, 1.82) is 0 Å². The third-order valence-corrected chi connectivity index (χ3v) is 4.77. The zero-order chi connectivity index (χ0) is 19.6. The van der Waals surface area contributed by atoms with Crippen LogP contribution in [0.5, 0.6) is 0 Å². The standard InChI is InChI=1S/C22H28N2O3/c1-14(20(25)24-22(2,3)4)27-21(26)19-15-10-6-5-7-12-17(15)23-18-13-9-8-11-16(18)19/h8-9,11,13-14H,5-7,10,12H2,1-4H3,(H,24,25)/t14-/m0/s1. The molecule has 1 aliphatic carbocycles. The summed E-state index contributed by atoms with van der Waals surface area (Å²) < 4.78 is 5.58. The van der Waals surface area contributed by atoms with E-state index in [-0.39, 0.29) is 11.4 Å². The molecule has 2 aromatic rings. The number of fused-ring (bicyclic) bond motifs is 2. The molecular weight excluding hydrogens is 340 g/mol. The van der Waals surface area contributed by atoms with Crippen LogP contribution in [0.25, 0.3) is 10.9 Å². The van der Waals surface area contributed by atoms with Crippen molar-refractivity contribution >= 4 is 22.8 Å². The lowest BCUT2D eigenvalue weighted by molar-refractivity contribution is -0.130. The minimum Gasteiger partial charge on any atom is -0.449 e. The molecule has 0 bridgehead atoms. The van der Waals surface area contributed by atoms with Gasteiger partial charge in [-0.15, -0.1) is 0 Å². The monoisotopic (exact) mass is 368 g/mol. The molecule has 144 valence electrons. The van der Waals surface area contributed by atoms with Crippen molar-refractivity contribution in [3.63, 3.8) is 0 Å². The highest BCUT2D eigenvalue weighted by Gasteiger charge is 2.27. The van der Waals surface area contributed by atoms with Gasteiger partial charge >= 0.3 is 5.97 Å². The number of para-hydroxylation sites is 1. The quantitative estimate of drug-likeness (QED) is 0.658. The van der Waals surface area contributed by atoms with Gasteiger partial charge in [0.1, 0.15) is 0 Å². The largest absolute Gasteiger partial charge is 0.449 e. The molecule has 3 rings (SSSR count). The van der Waals surface area contributed by atoms with Gasteiger partial charge in [0.05, 0.1) is 11.1 Å². The van der Waals surface area contributed by atoms with Gasteiger partial charge in [-0.2, -0.15) is 0 Å². The van der Waals surface area contributed by atoms with Crippen molar-refractivity contribution in [2.24, 2.45) is 0 Å². The van der Waals surface area contributed by atoms with Gasteiger partial charge in [0.15, 0.2) is 6.10 Å². The van der Waals surface area contributed by atoms with Crippen molar-refractivity contribution < 1.29 is 14.3 Å². The molecule has 0 saturated carbocycles. The summed E-state index contributed by atoms with van der Waals surface area (Å²) in [4.78, 5) is 30.2. The SMILES string of the molecule is C[C@H](OC(=O)c1c2c(nc3ccccc13)CCCCC2)C(=O)NC(C)(C)C. The number of rotatable bonds is 3. The Morgan fingerprint density at radius 3 is 2.56 bits per heavy atom. The van der Waals surface area contributed by atoms with E-state index in [1.807, 2.05) is 45.0 Å². The third kappa shape index (κ3) is 4.46. The molecular formula is C22H28N2O3. The zero-order valence-corrected chi connectivity index (χ0v) is 16.6. The summed E-state index contributed by atoms with van der Waals surface area (Å²) in [6.07, 6.45) is 4.08. The lowest BCUT2D eigenvalue weighted by Crippen LogP contribution is -2.46. The summed E-state index contributed by atoms with van der Waals surface area (Å²) in [5, 5.41) is 3.65. The number of esters is 1. The fourth-order valence-corrected chi connectivity index (χ4v) is 3.53. The average molecular weight is 368 g/mol. The highest BCUT2D eigenvalue weighted by molar-refractivity contribution is 6.05. The molecule has 5 nitrogen and oxygen atoms in total. The number of nitrogens with zero attached hydrogens (tertiary/aromatic N) is 1. The Labute approximate surface area is 160 Å². The van der Waals surface area contributed by atoms with E-state index in [2.05, 4.69) is 5.32 Å². The molecule has 1 aliphatic rings. The Kier molecular flexibility index (Phi) is 5.49. The Morgan fingerprint density at radius 1 is 1.11 bits per heavy atom. The number of amides is 1. The molecule has 1 aromatic heterocycles. The minimum atomic E-state index is -0.856. The maximum Gasteiger partial charge on any atom is 0.339 e. The van der Waals surface area contributed by atoms with Gasteiger partial charge in [-0.3, -0.25) is 9.78 Å². The summed E-state index contributed by atoms with van der Waals surface area (Å²) in [6.45, 7) is 7.31. The number of aryl methyl sites for hydroxylation is 1. The van der Waals surface area contributed by atoms with E-state index in [9.17, 15) is 9.59 Å². The number of carbonyl (C=O) groups is 2. The summed E-state index contributed by atoms with van der Waals surface area (Å²) >= 11 is 0. The number of benzene rings is 1. The van der Waals surface area contributed by atoms with Crippen molar-refractivity contribution in [1.82, 2.24) is 10.3 Å². The molecule has 1 atom stereocenters. The fraction of sp³-hybridized carbons (Fsp3) is 0.500. The number of aromatic nitrogens is 1. The molecule has 0 fully saturated rings. The van der Waals surface area contributed by atoms with Crippen LogP contribution in [0, 0.1) is 0 Å². The summed E-state index contributed by atoms with van der Waals surface area (Å²) in [6, 6.07) is 7.66. The maximum atomic E-state index is 13.1. The Hall–Kier alpha value is -2.43. The van der Waals surface area contributed by atoms with Gasteiger partial charge in [0, 0.05) is 16.6 Å². The zero-order valence-electron chi connectivity index (χ0n) is 16.6. The molecule has 1 aromatic carbocycles. The lowest BCUT2D eigenvalue weighted by atomic mass is 9.97. The number of hydrogen-bond acceptors (Lipinski definition) is 4. The summed E-state index contributed by atoms with van der Waals surface area (Å²) in [5.74, 6) is -0.733. The molecule has 1 heterocycles. The van der Waals surface area contributed by atoms with Crippen LogP contribution in [0.4, 0.5) is 0 Å². The molecule has 1 N–H and O–H groups in total. The van der Waals surface area contributed by atoms with E-state index < -0.39 is 12.1 Å². The van der Waals surface area contributed by atoms with Crippen molar-refractivity contribution in [3.05, 3.63) is 41.1 Å². The van der Waals surface area contributed by atoms with E-state index in [1.54, 1.807) is 6.92 Å². The lowest BCUT2D eigenvalue weighted by Gasteiger charge is -2.23. The normalized spacial score (nSPS) is 15.6. The number of nitrogens with one attached hydrogen (secondary N) is 1. The van der Waals surface area contributed by atoms with Gasteiger partial charge in [0.2, 0.25) is 0 Å². The third-order valence-electron chi connectivity index (χ3n) is 4.77. The number of hydrogen-bond donors (Lipinski definition) is 1. The molecule has 0 saturated heterocycles. The number of pyridine rings is 1. The first kappa shape index (κ1) is 19.3. The van der Waals surface area contributed by atoms with E-state index >= 15 is 0 Å². The fourth-order valence-electron chi connectivity index (χ4n) is 3.53. The van der Waals surface area contributed by atoms with Gasteiger partial charge in [-0.1, -0.05) is 24.6 Å². The first-order valence-corrected chi connectivity index (χ1v) is 9.70. The predicted octanol–water partition coefficient (Wildman–Crippen LogP) is 3.96. The van der Waals surface area contributed by atoms with E-state index in [0.29, 0.717) is 5.56 Å². The van der Waals surface area contributed by atoms with E-state index in [1.165, 1.54) is 0 Å². The Morgan fingerprint density at radius 2 is 1.81 bits per heavy atom. The van der Waals surface area contributed by atoms with Crippen LogP contribution in [-0.2, 0) is 22.4 Å². The number of carbonyl (C=O) groups excluding carboxylic acids is 2. The van der Waals surface area contributed by atoms with Crippen LogP contribution >= 0.6 is 0 Å². The smallest absolute Gasteiger partial charge is 0.339 e. The second-order valence-corrected chi connectivity index (χ2v) is 8.28. The number of ether oxygens (including phenoxy) is 1. The molecule has 5 heteroatoms. The van der Waals surface area contributed by atoms with Crippen LogP contribution in [-0.4, -0.2) is 28.5 Å². The van der Waals surface area contributed by atoms with Crippen LogP contribution in [0.3, 0.4) is 0 Å². The second kappa shape index (κ2) is 7.67. The van der Waals surface area contributed by atoms with Gasteiger partial charge < -0.3 is 10.1 Å². The minimum absolute atomic E-state index is 0.291. The van der Waals surface area contributed by atoms with Crippen LogP contribution < -0.4 is 5.32 Å². The second-order valence-electron chi connectivity index (χ2n) is 8.28. The predicted molar refractivity (Wildman–Crippen MR) is 106 cm³/mol. The molecule has 0 radical (unpaired) electrons. The first-order chi connectivity index (χ1) is 12.8.